The fourth-order valence-electron chi connectivity index (χ4n) is 2.13. The number of hydrogen-bond acceptors (Lipinski definition) is 5. The van der Waals surface area contributed by atoms with E-state index in [9.17, 15) is 13.2 Å². The molecule has 7 heteroatoms. The lowest BCUT2D eigenvalue weighted by molar-refractivity contribution is 0.602. The van der Waals surface area contributed by atoms with Gasteiger partial charge in [-0.25, -0.2) is 13.4 Å². The summed E-state index contributed by atoms with van der Waals surface area (Å²) < 4.78 is 22.8. The van der Waals surface area contributed by atoms with Crippen molar-refractivity contribution in [1.29, 1.82) is 0 Å². The van der Waals surface area contributed by atoms with Crippen LogP contribution in [0.3, 0.4) is 0 Å². The molecular weight excluding hydrogens is 284 g/mol. The Balaban J connectivity index is 1.92. The van der Waals surface area contributed by atoms with Gasteiger partial charge in [0, 0.05) is 5.25 Å². The van der Waals surface area contributed by atoms with E-state index in [1.165, 1.54) is 11.8 Å². The number of nitrogens with zero attached hydrogens (tertiary/aromatic N) is 1. The van der Waals surface area contributed by atoms with E-state index in [4.69, 9.17) is 0 Å². The highest BCUT2D eigenvalue weighted by molar-refractivity contribution is 8.01. The molecule has 0 unspecified atom stereocenters. The molecule has 0 radical (unpaired) electrons. The van der Waals surface area contributed by atoms with Gasteiger partial charge in [-0.2, -0.15) is 0 Å². The second-order valence-corrected chi connectivity index (χ2v) is 8.05. The van der Waals surface area contributed by atoms with Gasteiger partial charge in [0.2, 0.25) is 0 Å². The molecule has 0 amide bonds. The van der Waals surface area contributed by atoms with Crippen LogP contribution in [-0.4, -0.2) is 35.1 Å². The fraction of sp³-hybridized carbons (Fsp3) is 0.333. The highest BCUT2D eigenvalue weighted by Crippen LogP contribution is 2.28. The number of rotatable bonds is 2. The Kier molecular flexibility index (Phi) is 3.10. The van der Waals surface area contributed by atoms with Crippen molar-refractivity contribution in [3.63, 3.8) is 0 Å². The number of sulfone groups is 1. The molecule has 100 valence electrons. The molecule has 1 fully saturated rings. The van der Waals surface area contributed by atoms with Crippen LogP contribution in [0.1, 0.15) is 6.42 Å². The second-order valence-electron chi connectivity index (χ2n) is 4.53. The summed E-state index contributed by atoms with van der Waals surface area (Å²) in [5, 5.41) is 1.02. The first-order valence-corrected chi connectivity index (χ1v) is 8.60. The molecule has 2 heterocycles. The van der Waals surface area contributed by atoms with Crippen LogP contribution in [-0.2, 0) is 9.84 Å². The molecule has 0 saturated carbocycles. The lowest BCUT2D eigenvalue weighted by Crippen LogP contribution is -2.12. The largest absolute Gasteiger partial charge is 0.301 e. The van der Waals surface area contributed by atoms with Crippen molar-refractivity contribution in [2.75, 3.05) is 11.5 Å². The van der Waals surface area contributed by atoms with Crippen LogP contribution in [0.2, 0.25) is 0 Å². The summed E-state index contributed by atoms with van der Waals surface area (Å²) in [4.78, 5) is 18.9. The molecular formula is C12H12N2O3S2. The van der Waals surface area contributed by atoms with Crippen molar-refractivity contribution < 1.29 is 8.42 Å². The molecule has 1 saturated heterocycles. The van der Waals surface area contributed by atoms with Crippen LogP contribution in [0.15, 0.2) is 34.2 Å². The Morgan fingerprint density at radius 2 is 2.11 bits per heavy atom. The fourth-order valence-corrected chi connectivity index (χ4v) is 5.57. The van der Waals surface area contributed by atoms with Crippen molar-refractivity contribution in [2.45, 2.75) is 16.8 Å². The summed E-state index contributed by atoms with van der Waals surface area (Å²) >= 11 is 1.34. The van der Waals surface area contributed by atoms with Gasteiger partial charge < -0.3 is 4.98 Å². The van der Waals surface area contributed by atoms with Crippen LogP contribution in [0, 0.1) is 0 Å². The standard InChI is InChI=1S/C12H12N2O3S2/c15-11-9-3-1-2-4-10(9)13-12(14-11)18-8-5-6-19(16,17)7-8/h1-4,8H,5-7H2,(H,13,14,15)/t8-/m0/s1. The van der Waals surface area contributed by atoms with E-state index < -0.39 is 9.84 Å². The number of aromatic nitrogens is 2. The molecule has 0 aliphatic carbocycles. The van der Waals surface area contributed by atoms with Crippen molar-refractivity contribution in [3.8, 4) is 0 Å². The maximum atomic E-state index is 11.9. The Bertz CT molecular complexity index is 783. The van der Waals surface area contributed by atoms with E-state index in [0.717, 1.165) is 0 Å². The molecule has 3 rings (SSSR count). The van der Waals surface area contributed by atoms with Gasteiger partial charge in [0.05, 0.1) is 22.4 Å². The molecule has 5 nitrogen and oxygen atoms in total. The van der Waals surface area contributed by atoms with Crippen LogP contribution < -0.4 is 5.56 Å². The second kappa shape index (κ2) is 4.64. The predicted molar refractivity (Wildman–Crippen MR) is 75.3 cm³/mol. The number of thioether (sulfide) groups is 1. The molecule has 1 aromatic carbocycles. The summed E-state index contributed by atoms with van der Waals surface area (Å²) in [5.41, 5.74) is 0.448. The van der Waals surface area contributed by atoms with Gasteiger partial charge in [-0.05, 0) is 18.6 Å². The van der Waals surface area contributed by atoms with Gasteiger partial charge >= 0.3 is 0 Å². The van der Waals surface area contributed by atoms with Gasteiger partial charge in [-0.3, -0.25) is 4.79 Å². The normalized spacial score (nSPS) is 21.8. The number of para-hydroxylation sites is 1. The molecule has 1 N–H and O–H groups in total. The third kappa shape index (κ3) is 2.66. The van der Waals surface area contributed by atoms with Gasteiger partial charge in [-0.15, -0.1) is 0 Å². The van der Waals surface area contributed by atoms with E-state index in [1.807, 2.05) is 6.07 Å². The SMILES string of the molecule is O=c1[nH]c(S[C@H]2CCS(=O)(=O)C2)nc2ccccc12. The minimum Gasteiger partial charge on any atom is -0.301 e. The molecule has 1 atom stereocenters. The van der Waals surface area contributed by atoms with E-state index in [0.29, 0.717) is 22.5 Å². The molecule has 0 spiro atoms. The maximum absolute atomic E-state index is 11.9. The lowest BCUT2D eigenvalue weighted by atomic mass is 10.2. The highest BCUT2D eigenvalue weighted by atomic mass is 32.2. The molecule has 0 bridgehead atoms. The first kappa shape index (κ1) is 12.7. The number of fused-ring (bicyclic) bond motifs is 1. The van der Waals surface area contributed by atoms with E-state index in [-0.39, 0.29) is 22.3 Å². The molecule has 1 aliphatic heterocycles. The number of aromatic amines is 1. The van der Waals surface area contributed by atoms with E-state index >= 15 is 0 Å². The summed E-state index contributed by atoms with van der Waals surface area (Å²) in [6.07, 6.45) is 0.615. The average molecular weight is 296 g/mol. The van der Waals surface area contributed by atoms with E-state index in [1.54, 1.807) is 18.2 Å². The zero-order chi connectivity index (χ0) is 13.5. The third-order valence-electron chi connectivity index (χ3n) is 3.06. The molecule has 2 aromatic rings. The predicted octanol–water partition coefficient (Wildman–Crippen LogP) is 1.20. The number of nitrogens with one attached hydrogen (secondary N) is 1. The first-order valence-electron chi connectivity index (χ1n) is 5.90. The topological polar surface area (TPSA) is 79.9 Å². The van der Waals surface area contributed by atoms with Gasteiger partial charge in [0.1, 0.15) is 0 Å². The van der Waals surface area contributed by atoms with Crippen LogP contribution in [0.5, 0.6) is 0 Å². The van der Waals surface area contributed by atoms with E-state index in [2.05, 4.69) is 9.97 Å². The summed E-state index contributed by atoms with van der Waals surface area (Å²) in [7, 11) is -2.91. The zero-order valence-corrected chi connectivity index (χ0v) is 11.6. The van der Waals surface area contributed by atoms with Crippen LogP contribution in [0.25, 0.3) is 10.9 Å². The summed E-state index contributed by atoms with van der Waals surface area (Å²) in [6, 6.07) is 7.11. The Hall–Kier alpha value is -1.34. The maximum Gasteiger partial charge on any atom is 0.259 e. The van der Waals surface area contributed by atoms with Crippen molar-refractivity contribution in [2.24, 2.45) is 0 Å². The zero-order valence-electron chi connectivity index (χ0n) is 10.00. The summed E-state index contributed by atoms with van der Waals surface area (Å²) in [6.45, 7) is 0. The van der Waals surface area contributed by atoms with Gasteiger partial charge in [0.15, 0.2) is 15.0 Å². The Labute approximate surface area is 114 Å². The first-order chi connectivity index (χ1) is 9.03. The number of H-pyrrole nitrogens is 1. The Morgan fingerprint density at radius 1 is 1.32 bits per heavy atom. The number of hydrogen-bond donors (Lipinski definition) is 1. The lowest BCUT2D eigenvalue weighted by Gasteiger charge is -2.06. The van der Waals surface area contributed by atoms with Crippen LogP contribution in [0.4, 0.5) is 0 Å². The minimum atomic E-state index is -2.91. The van der Waals surface area contributed by atoms with Crippen molar-refractivity contribution >= 4 is 32.5 Å². The van der Waals surface area contributed by atoms with Gasteiger partial charge in [0.25, 0.3) is 5.56 Å². The average Bonchev–Trinajstić information content (AvgIpc) is 2.69. The highest BCUT2D eigenvalue weighted by Gasteiger charge is 2.29. The summed E-state index contributed by atoms with van der Waals surface area (Å²) in [5.74, 6) is 0.386. The molecule has 1 aliphatic rings. The van der Waals surface area contributed by atoms with Gasteiger partial charge in [-0.1, -0.05) is 23.9 Å². The molecule has 19 heavy (non-hydrogen) atoms. The van der Waals surface area contributed by atoms with Crippen molar-refractivity contribution in [1.82, 2.24) is 9.97 Å². The van der Waals surface area contributed by atoms with Crippen LogP contribution >= 0.6 is 11.8 Å². The molecule has 1 aromatic heterocycles. The van der Waals surface area contributed by atoms with Crippen molar-refractivity contribution in [3.05, 3.63) is 34.6 Å². The monoisotopic (exact) mass is 296 g/mol. The smallest absolute Gasteiger partial charge is 0.259 e. The quantitative estimate of drug-likeness (QED) is 0.842. The minimum absolute atomic E-state index is 0.0192. The Morgan fingerprint density at radius 3 is 2.84 bits per heavy atom. The third-order valence-corrected chi connectivity index (χ3v) is 6.19. The number of benzene rings is 1.